The minimum atomic E-state index is -0.699. The number of halogens is 2. The van der Waals surface area contributed by atoms with Gasteiger partial charge in [-0.05, 0) is 25.1 Å². The third-order valence-corrected chi connectivity index (χ3v) is 2.94. The van der Waals surface area contributed by atoms with E-state index in [4.69, 9.17) is 11.6 Å². The number of rotatable bonds is 1. The largest absolute Gasteiger partial charge is 0.345 e. The molecular formula is C11H10ClFN2O2. The molecule has 0 bridgehead atoms. The molecule has 0 radical (unpaired) electrons. The molecule has 0 aliphatic carbocycles. The third kappa shape index (κ3) is 2.10. The van der Waals surface area contributed by atoms with E-state index >= 15 is 0 Å². The van der Waals surface area contributed by atoms with E-state index in [9.17, 15) is 14.0 Å². The van der Waals surface area contributed by atoms with E-state index in [-0.39, 0.29) is 29.1 Å². The van der Waals surface area contributed by atoms with Crippen LogP contribution in [0.3, 0.4) is 0 Å². The van der Waals surface area contributed by atoms with Crippen LogP contribution in [0.25, 0.3) is 0 Å². The van der Waals surface area contributed by atoms with Crippen molar-refractivity contribution in [1.29, 1.82) is 0 Å². The zero-order valence-corrected chi connectivity index (χ0v) is 9.79. The summed E-state index contributed by atoms with van der Waals surface area (Å²) in [5.41, 5.74) is 0.221. The molecule has 17 heavy (non-hydrogen) atoms. The first-order valence-corrected chi connectivity index (χ1v) is 5.43. The Morgan fingerprint density at radius 2 is 2.18 bits per heavy atom. The van der Waals surface area contributed by atoms with Gasteiger partial charge in [-0.25, -0.2) is 4.39 Å². The van der Waals surface area contributed by atoms with Crippen molar-refractivity contribution in [2.75, 3.05) is 11.4 Å². The number of amides is 2. The van der Waals surface area contributed by atoms with E-state index < -0.39 is 11.9 Å². The van der Waals surface area contributed by atoms with Gasteiger partial charge in [-0.1, -0.05) is 11.6 Å². The van der Waals surface area contributed by atoms with Crippen molar-refractivity contribution in [1.82, 2.24) is 5.32 Å². The topological polar surface area (TPSA) is 49.4 Å². The van der Waals surface area contributed by atoms with E-state index in [1.807, 2.05) is 0 Å². The van der Waals surface area contributed by atoms with Gasteiger partial charge in [0, 0.05) is 0 Å². The number of piperazine rings is 1. The number of hydrogen-bond acceptors (Lipinski definition) is 2. The highest BCUT2D eigenvalue weighted by Gasteiger charge is 2.33. The van der Waals surface area contributed by atoms with Crippen molar-refractivity contribution >= 4 is 29.1 Å². The van der Waals surface area contributed by atoms with Gasteiger partial charge in [0.15, 0.2) is 0 Å². The van der Waals surface area contributed by atoms with Crippen molar-refractivity contribution in [3.63, 3.8) is 0 Å². The summed E-state index contributed by atoms with van der Waals surface area (Å²) in [4.78, 5) is 24.4. The average Bonchev–Trinajstić information content (AvgIpc) is 2.29. The van der Waals surface area contributed by atoms with Gasteiger partial charge in [0.1, 0.15) is 11.9 Å². The zero-order chi connectivity index (χ0) is 12.6. The standard InChI is InChI=1S/C11H10ClFN2O2/c1-6-11(17)14-5-10(16)15(6)9-4-7(13)2-3-8(9)12/h2-4,6H,5H2,1H3,(H,14,17). The Morgan fingerprint density at radius 1 is 1.47 bits per heavy atom. The molecule has 1 aromatic rings. The monoisotopic (exact) mass is 256 g/mol. The molecule has 0 spiro atoms. The van der Waals surface area contributed by atoms with Crippen LogP contribution in [0.4, 0.5) is 10.1 Å². The van der Waals surface area contributed by atoms with Gasteiger partial charge in [-0.15, -0.1) is 0 Å². The maximum absolute atomic E-state index is 13.2. The molecule has 2 amide bonds. The van der Waals surface area contributed by atoms with Crippen LogP contribution >= 0.6 is 11.6 Å². The summed E-state index contributed by atoms with van der Waals surface area (Å²) in [5, 5.41) is 2.69. The normalized spacial score (nSPS) is 20.4. The van der Waals surface area contributed by atoms with Crippen LogP contribution in [0.15, 0.2) is 18.2 Å². The minimum Gasteiger partial charge on any atom is -0.345 e. The van der Waals surface area contributed by atoms with Gasteiger partial charge >= 0.3 is 0 Å². The van der Waals surface area contributed by atoms with Gasteiger partial charge in [-0.3, -0.25) is 14.5 Å². The first-order valence-electron chi connectivity index (χ1n) is 5.05. The molecule has 6 heteroatoms. The number of benzene rings is 1. The molecule has 2 rings (SSSR count). The number of carbonyl (C=O) groups is 2. The molecule has 0 saturated carbocycles. The second-order valence-corrected chi connectivity index (χ2v) is 4.16. The minimum absolute atomic E-state index is 0.101. The Bertz CT molecular complexity index is 492. The number of carbonyl (C=O) groups excluding carboxylic acids is 2. The molecule has 1 atom stereocenters. The van der Waals surface area contributed by atoms with Crippen LogP contribution in [0.2, 0.25) is 5.02 Å². The van der Waals surface area contributed by atoms with Crippen LogP contribution in [0.1, 0.15) is 6.92 Å². The average molecular weight is 257 g/mol. The summed E-state index contributed by atoms with van der Waals surface area (Å²) < 4.78 is 13.2. The molecule has 1 heterocycles. The molecule has 4 nitrogen and oxygen atoms in total. The van der Waals surface area contributed by atoms with Gasteiger partial charge in [-0.2, -0.15) is 0 Å². The van der Waals surface area contributed by atoms with Crippen molar-refractivity contribution in [2.45, 2.75) is 13.0 Å². The van der Waals surface area contributed by atoms with Crippen molar-refractivity contribution in [3.8, 4) is 0 Å². The smallest absolute Gasteiger partial charge is 0.247 e. The van der Waals surface area contributed by atoms with E-state index in [2.05, 4.69) is 5.32 Å². The number of anilines is 1. The van der Waals surface area contributed by atoms with Crippen LogP contribution in [0.5, 0.6) is 0 Å². The number of hydrogen-bond donors (Lipinski definition) is 1. The molecule has 1 N–H and O–H groups in total. The first kappa shape index (κ1) is 11.9. The molecule has 1 aromatic carbocycles. The van der Waals surface area contributed by atoms with Crippen molar-refractivity contribution in [3.05, 3.63) is 29.0 Å². The second-order valence-electron chi connectivity index (χ2n) is 3.75. The van der Waals surface area contributed by atoms with E-state index in [0.717, 1.165) is 6.07 Å². The maximum atomic E-state index is 13.2. The van der Waals surface area contributed by atoms with E-state index in [1.54, 1.807) is 6.92 Å². The Balaban J connectivity index is 2.46. The SMILES string of the molecule is CC1C(=O)NCC(=O)N1c1cc(F)ccc1Cl. The highest BCUT2D eigenvalue weighted by atomic mass is 35.5. The summed E-state index contributed by atoms with van der Waals surface area (Å²) >= 11 is 5.92. The van der Waals surface area contributed by atoms with E-state index in [1.165, 1.54) is 17.0 Å². The lowest BCUT2D eigenvalue weighted by atomic mass is 10.1. The molecule has 90 valence electrons. The molecule has 1 saturated heterocycles. The van der Waals surface area contributed by atoms with Crippen molar-refractivity contribution < 1.29 is 14.0 Å². The van der Waals surface area contributed by atoms with Crippen LogP contribution in [-0.4, -0.2) is 24.4 Å². The fraction of sp³-hybridized carbons (Fsp3) is 0.273. The molecule has 0 aromatic heterocycles. The summed E-state index contributed by atoms with van der Waals surface area (Å²) in [6.07, 6.45) is 0. The fourth-order valence-corrected chi connectivity index (χ4v) is 1.95. The molecule has 1 aliphatic rings. The maximum Gasteiger partial charge on any atom is 0.247 e. The highest BCUT2D eigenvalue weighted by Crippen LogP contribution is 2.29. The molecule has 1 unspecified atom stereocenters. The highest BCUT2D eigenvalue weighted by molar-refractivity contribution is 6.34. The molecular weight excluding hydrogens is 247 g/mol. The van der Waals surface area contributed by atoms with Gasteiger partial charge in [0.05, 0.1) is 17.3 Å². The lowest BCUT2D eigenvalue weighted by Crippen LogP contribution is -2.57. The summed E-state index contributed by atoms with van der Waals surface area (Å²) in [6, 6.07) is 3.01. The van der Waals surface area contributed by atoms with Crippen LogP contribution in [-0.2, 0) is 9.59 Å². The Kier molecular flexibility index (Phi) is 3.02. The lowest BCUT2D eigenvalue weighted by Gasteiger charge is -2.33. The van der Waals surface area contributed by atoms with E-state index in [0.29, 0.717) is 0 Å². The van der Waals surface area contributed by atoms with Gasteiger partial charge in [0.25, 0.3) is 0 Å². The zero-order valence-electron chi connectivity index (χ0n) is 9.04. The van der Waals surface area contributed by atoms with Gasteiger partial charge in [0.2, 0.25) is 11.8 Å². The molecule has 1 aliphatic heterocycles. The Hall–Kier alpha value is -1.62. The predicted octanol–water partition coefficient (Wildman–Crippen LogP) is 1.33. The number of nitrogens with one attached hydrogen (secondary N) is 1. The second kappa shape index (κ2) is 4.33. The number of nitrogens with zero attached hydrogens (tertiary/aromatic N) is 1. The predicted molar refractivity (Wildman–Crippen MR) is 61.4 cm³/mol. The Morgan fingerprint density at radius 3 is 2.88 bits per heavy atom. The van der Waals surface area contributed by atoms with Crippen LogP contribution < -0.4 is 10.2 Å². The van der Waals surface area contributed by atoms with Crippen LogP contribution in [0, 0.1) is 5.82 Å². The summed E-state index contributed by atoms with van der Waals surface area (Å²) in [5.74, 6) is -1.11. The quantitative estimate of drug-likeness (QED) is 0.824. The first-order chi connectivity index (χ1) is 8.00. The van der Waals surface area contributed by atoms with Gasteiger partial charge < -0.3 is 5.32 Å². The third-order valence-electron chi connectivity index (χ3n) is 2.62. The lowest BCUT2D eigenvalue weighted by molar-refractivity contribution is -0.130. The Labute approximate surface area is 102 Å². The summed E-state index contributed by atoms with van der Waals surface area (Å²) in [7, 11) is 0. The summed E-state index contributed by atoms with van der Waals surface area (Å²) in [6.45, 7) is 1.46. The van der Waals surface area contributed by atoms with Crippen molar-refractivity contribution in [2.24, 2.45) is 0 Å². The fourth-order valence-electron chi connectivity index (χ4n) is 1.74. The molecule has 1 fully saturated rings.